The monoisotopic (exact) mass is 399 g/mol. The molecule has 2 aromatic carbocycles. The third kappa shape index (κ3) is 6.86. The van der Waals surface area contributed by atoms with E-state index in [1.54, 1.807) is 7.11 Å². The molecule has 158 valence electrons. The second-order valence-corrected chi connectivity index (χ2v) is 7.68. The lowest BCUT2D eigenvalue weighted by Crippen LogP contribution is -2.21. The molecular formula is C24H33NO4. The predicted molar refractivity (Wildman–Crippen MR) is 115 cm³/mol. The van der Waals surface area contributed by atoms with Gasteiger partial charge in [-0.3, -0.25) is 0 Å². The molecule has 0 heterocycles. The minimum atomic E-state index is 0.0857. The molecule has 0 atom stereocenters. The van der Waals surface area contributed by atoms with E-state index in [1.165, 1.54) is 31.2 Å². The summed E-state index contributed by atoms with van der Waals surface area (Å²) in [5, 5.41) is 3.43. The molecule has 0 amide bonds. The first kappa shape index (κ1) is 21.3. The maximum Gasteiger partial charge on any atom is 0.164 e. The van der Waals surface area contributed by atoms with Gasteiger partial charge >= 0.3 is 0 Å². The van der Waals surface area contributed by atoms with Crippen molar-refractivity contribution in [3.05, 3.63) is 48.0 Å². The molecule has 0 aliphatic heterocycles. The number of ether oxygens (including phenoxy) is 4. The second kappa shape index (κ2) is 11.0. The molecule has 0 spiro atoms. The van der Waals surface area contributed by atoms with E-state index in [9.17, 15) is 0 Å². The summed E-state index contributed by atoms with van der Waals surface area (Å²) >= 11 is 0. The van der Waals surface area contributed by atoms with Crippen LogP contribution >= 0.6 is 0 Å². The van der Waals surface area contributed by atoms with E-state index in [-0.39, 0.29) is 6.10 Å². The van der Waals surface area contributed by atoms with Crippen molar-refractivity contribution in [2.45, 2.75) is 58.3 Å². The third-order valence-corrected chi connectivity index (χ3v) is 4.88. The van der Waals surface area contributed by atoms with Crippen molar-refractivity contribution in [3.8, 4) is 23.0 Å². The fourth-order valence-electron chi connectivity index (χ4n) is 3.47. The van der Waals surface area contributed by atoms with Crippen LogP contribution < -0.4 is 24.3 Å². The highest BCUT2D eigenvalue weighted by Gasteiger charge is 2.16. The van der Waals surface area contributed by atoms with Crippen LogP contribution in [-0.4, -0.2) is 32.5 Å². The van der Waals surface area contributed by atoms with Crippen LogP contribution in [0.3, 0.4) is 0 Å². The number of nitrogens with one attached hydrogen (secondary N) is 1. The minimum Gasteiger partial charge on any atom is -0.497 e. The maximum absolute atomic E-state index is 6.09. The normalized spacial score (nSPS) is 14.2. The summed E-state index contributed by atoms with van der Waals surface area (Å²) in [6.07, 6.45) is 5.38. The molecule has 0 radical (unpaired) electrons. The van der Waals surface area contributed by atoms with Crippen molar-refractivity contribution >= 4 is 0 Å². The Morgan fingerprint density at radius 3 is 2.59 bits per heavy atom. The van der Waals surface area contributed by atoms with Crippen molar-refractivity contribution in [2.24, 2.45) is 0 Å². The lowest BCUT2D eigenvalue weighted by molar-refractivity contribution is 0.210. The average molecular weight is 400 g/mol. The molecule has 0 unspecified atom stereocenters. The molecule has 0 saturated heterocycles. The predicted octanol–water partition coefficient (Wildman–Crippen LogP) is 4.97. The smallest absolute Gasteiger partial charge is 0.164 e. The Labute approximate surface area is 174 Å². The molecule has 3 rings (SSSR count). The van der Waals surface area contributed by atoms with E-state index in [1.807, 2.05) is 38.1 Å². The first-order valence-corrected chi connectivity index (χ1v) is 10.6. The molecule has 2 aromatic rings. The first-order valence-electron chi connectivity index (χ1n) is 10.6. The van der Waals surface area contributed by atoms with Crippen LogP contribution in [0.4, 0.5) is 0 Å². The molecule has 1 fully saturated rings. The molecule has 1 aliphatic carbocycles. The van der Waals surface area contributed by atoms with Crippen LogP contribution in [0.5, 0.6) is 23.0 Å². The van der Waals surface area contributed by atoms with Gasteiger partial charge in [0.25, 0.3) is 0 Å². The zero-order valence-electron chi connectivity index (χ0n) is 17.8. The quantitative estimate of drug-likeness (QED) is 0.541. The van der Waals surface area contributed by atoms with Crippen LogP contribution in [0.2, 0.25) is 0 Å². The van der Waals surface area contributed by atoms with Crippen LogP contribution in [0, 0.1) is 0 Å². The van der Waals surface area contributed by atoms with Gasteiger partial charge in [0.1, 0.15) is 18.1 Å². The SMILES string of the molecule is COc1ccc(OC(C)C)c(OCCNCc2cccc(OC3CCCC3)c2)c1. The van der Waals surface area contributed by atoms with Gasteiger partial charge in [0.05, 0.1) is 19.3 Å². The zero-order valence-corrected chi connectivity index (χ0v) is 17.8. The van der Waals surface area contributed by atoms with Crippen LogP contribution in [0.15, 0.2) is 42.5 Å². The van der Waals surface area contributed by atoms with Gasteiger partial charge in [-0.15, -0.1) is 0 Å². The lowest BCUT2D eigenvalue weighted by atomic mass is 10.2. The molecular weight excluding hydrogens is 366 g/mol. The van der Waals surface area contributed by atoms with Crippen LogP contribution in [0.25, 0.3) is 0 Å². The number of benzene rings is 2. The molecule has 5 nitrogen and oxygen atoms in total. The summed E-state index contributed by atoms with van der Waals surface area (Å²) < 4.78 is 23.1. The van der Waals surface area contributed by atoms with Gasteiger partial charge in [0.15, 0.2) is 11.5 Å². The average Bonchev–Trinajstić information content (AvgIpc) is 3.21. The molecule has 1 aliphatic rings. The van der Waals surface area contributed by atoms with Crippen LogP contribution in [0.1, 0.15) is 45.1 Å². The summed E-state index contributed by atoms with van der Waals surface area (Å²) in [6, 6.07) is 14.0. The van der Waals surface area contributed by atoms with Gasteiger partial charge in [0, 0.05) is 19.2 Å². The van der Waals surface area contributed by atoms with Crippen molar-refractivity contribution in [2.75, 3.05) is 20.3 Å². The Hall–Kier alpha value is -2.40. The van der Waals surface area contributed by atoms with Gasteiger partial charge in [-0.2, -0.15) is 0 Å². The molecule has 1 saturated carbocycles. The van der Waals surface area contributed by atoms with Crippen molar-refractivity contribution < 1.29 is 18.9 Å². The van der Waals surface area contributed by atoms with Gasteiger partial charge in [-0.1, -0.05) is 12.1 Å². The van der Waals surface area contributed by atoms with E-state index >= 15 is 0 Å². The highest BCUT2D eigenvalue weighted by atomic mass is 16.5. The molecule has 29 heavy (non-hydrogen) atoms. The van der Waals surface area contributed by atoms with Crippen molar-refractivity contribution in [3.63, 3.8) is 0 Å². The van der Waals surface area contributed by atoms with Gasteiger partial charge in [-0.05, 0) is 69.4 Å². The highest BCUT2D eigenvalue weighted by Crippen LogP contribution is 2.32. The second-order valence-electron chi connectivity index (χ2n) is 7.68. The van der Waals surface area contributed by atoms with Gasteiger partial charge in [0.2, 0.25) is 0 Å². The van der Waals surface area contributed by atoms with Crippen molar-refractivity contribution in [1.29, 1.82) is 0 Å². The number of hydrogen-bond donors (Lipinski definition) is 1. The summed E-state index contributed by atoms with van der Waals surface area (Å²) in [5.74, 6) is 3.16. The Bertz CT molecular complexity index is 756. The number of hydrogen-bond acceptors (Lipinski definition) is 5. The summed E-state index contributed by atoms with van der Waals surface area (Å²) in [4.78, 5) is 0. The van der Waals surface area contributed by atoms with E-state index in [4.69, 9.17) is 18.9 Å². The number of rotatable bonds is 11. The molecule has 1 N–H and O–H groups in total. The zero-order chi connectivity index (χ0) is 20.5. The van der Waals surface area contributed by atoms with Crippen molar-refractivity contribution in [1.82, 2.24) is 5.32 Å². The fraction of sp³-hybridized carbons (Fsp3) is 0.500. The lowest BCUT2D eigenvalue weighted by Gasteiger charge is -2.16. The van der Waals surface area contributed by atoms with E-state index in [2.05, 4.69) is 23.5 Å². The minimum absolute atomic E-state index is 0.0857. The largest absolute Gasteiger partial charge is 0.497 e. The highest BCUT2D eigenvalue weighted by molar-refractivity contribution is 5.45. The molecule has 0 aromatic heterocycles. The Morgan fingerprint density at radius 1 is 1.00 bits per heavy atom. The van der Waals surface area contributed by atoms with E-state index in [0.717, 1.165) is 30.3 Å². The van der Waals surface area contributed by atoms with Gasteiger partial charge < -0.3 is 24.3 Å². The number of methoxy groups -OCH3 is 1. The van der Waals surface area contributed by atoms with Crippen LogP contribution in [-0.2, 0) is 6.54 Å². The Morgan fingerprint density at radius 2 is 1.83 bits per heavy atom. The maximum atomic E-state index is 6.09. The molecule has 0 bridgehead atoms. The summed E-state index contributed by atoms with van der Waals surface area (Å²) in [6.45, 7) is 6.05. The molecule has 5 heteroatoms. The van der Waals surface area contributed by atoms with E-state index in [0.29, 0.717) is 18.5 Å². The summed E-state index contributed by atoms with van der Waals surface area (Å²) in [7, 11) is 1.65. The Kier molecular flexibility index (Phi) is 8.05. The van der Waals surface area contributed by atoms with E-state index < -0.39 is 0 Å². The van der Waals surface area contributed by atoms with Gasteiger partial charge in [-0.25, -0.2) is 0 Å². The summed E-state index contributed by atoms with van der Waals surface area (Å²) in [5.41, 5.74) is 1.21. The standard InChI is InChI=1S/C24H33NO4/c1-18(2)28-23-12-11-21(26-3)16-24(23)27-14-13-25-17-19-7-6-10-22(15-19)29-20-8-4-5-9-20/h6-7,10-12,15-16,18,20,25H,4-5,8-9,13-14,17H2,1-3H3. The Balaban J connectivity index is 1.45. The first-order chi connectivity index (χ1) is 14.1. The topological polar surface area (TPSA) is 49.0 Å². The third-order valence-electron chi connectivity index (χ3n) is 4.88. The fourth-order valence-corrected chi connectivity index (χ4v) is 3.47.